The van der Waals surface area contributed by atoms with E-state index in [4.69, 9.17) is 0 Å². The van der Waals surface area contributed by atoms with Crippen LogP contribution in [0.2, 0.25) is 0 Å². The Morgan fingerprint density at radius 1 is 0.533 bits per heavy atom. The third kappa shape index (κ3) is 4.43. The van der Waals surface area contributed by atoms with Crippen molar-refractivity contribution in [1.29, 1.82) is 0 Å². The van der Waals surface area contributed by atoms with Gasteiger partial charge in [0.25, 0.3) is 0 Å². The number of nitrogens with zero attached hydrogens (tertiary/aromatic N) is 4. The predicted molar refractivity (Wildman–Crippen MR) is 120 cm³/mol. The molecule has 0 aromatic carbocycles. The van der Waals surface area contributed by atoms with Gasteiger partial charge in [-0.15, -0.1) is 0 Å². The van der Waals surface area contributed by atoms with Gasteiger partial charge in [0.1, 0.15) is 0 Å². The first-order chi connectivity index (χ1) is 14.7. The van der Waals surface area contributed by atoms with Crippen molar-refractivity contribution in [3.63, 3.8) is 0 Å². The van der Waals surface area contributed by atoms with E-state index in [-0.39, 0.29) is 0 Å². The summed E-state index contributed by atoms with van der Waals surface area (Å²) in [6.45, 7) is 0. The molecular formula is C25H17FeN4. The van der Waals surface area contributed by atoms with E-state index in [9.17, 15) is 0 Å². The molecular weight excluding hydrogens is 412 g/mol. The molecule has 5 aliphatic heterocycles. The Labute approximate surface area is 183 Å². The molecule has 5 heteroatoms. The van der Waals surface area contributed by atoms with Crippen molar-refractivity contribution in [2.75, 3.05) is 0 Å². The molecule has 0 fully saturated rings. The van der Waals surface area contributed by atoms with Crippen molar-refractivity contribution in [2.45, 2.75) is 6.42 Å². The third-order valence-electron chi connectivity index (χ3n) is 4.63. The van der Waals surface area contributed by atoms with Crippen LogP contribution in [0, 0.1) is 0 Å². The van der Waals surface area contributed by atoms with Crippen molar-refractivity contribution >= 4 is 22.8 Å². The van der Waals surface area contributed by atoms with E-state index in [2.05, 4.69) is 42.1 Å². The van der Waals surface area contributed by atoms with E-state index in [0.29, 0.717) is 0 Å². The molecule has 0 N–H and O–H groups in total. The summed E-state index contributed by atoms with van der Waals surface area (Å²) in [4.78, 5) is 18.4. The fourth-order valence-corrected chi connectivity index (χ4v) is 3.48. The van der Waals surface area contributed by atoms with Crippen LogP contribution in [0.1, 0.15) is 6.42 Å². The van der Waals surface area contributed by atoms with Gasteiger partial charge < -0.3 is 0 Å². The van der Waals surface area contributed by atoms with Gasteiger partial charge in [0.15, 0.2) is 0 Å². The zero-order chi connectivity index (χ0) is 20.3. The van der Waals surface area contributed by atoms with Gasteiger partial charge in [-0.3, -0.25) is 0 Å². The second-order valence-electron chi connectivity index (χ2n) is 6.99. The molecule has 4 nitrogen and oxygen atoms in total. The standard InChI is InChI=1S/C20H12N4.C5H5.Fe/c1-2-14-10-16-5-6-18(23-16)12-20-8-7-19(24-20)11-17-4-3-15(22-17)9-13(1)21-14;1-2-4-5-3-1;/h1-12H;1-3H,4H2;. The normalized spacial score (nSPS) is 21.8. The van der Waals surface area contributed by atoms with E-state index in [1.165, 1.54) is 4.47 Å². The number of allylic oxidation sites excluding steroid dienone is 16. The molecule has 0 radical (unpaired) electrons. The Balaban J connectivity index is 0.000000279. The Hall–Kier alpha value is -3.40. The van der Waals surface area contributed by atoms with E-state index in [1.807, 2.05) is 85.1 Å². The van der Waals surface area contributed by atoms with Gasteiger partial charge in [-0.05, 0) is 72.9 Å². The average molecular weight is 429 g/mol. The van der Waals surface area contributed by atoms with Gasteiger partial charge in [0, 0.05) is 0 Å². The van der Waals surface area contributed by atoms with Gasteiger partial charge in [0.05, 0.1) is 45.6 Å². The topological polar surface area (TPSA) is 49.4 Å². The minimum atomic E-state index is 0.894. The molecule has 0 aromatic rings. The molecule has 1 aliphatic carbocycles. The fourth-order valence-electron chi connectivity index (χ4n) is 3.24. The SMILES string of the molecule is C1=CC2=NC1=CC1=NC(=CC3=NC(=CC4=NC(=C2)C=C4)C=C3)C=C1.[Fe][C]1=CC=CC1. The maximum absolute atomic E-state index is 4.59. The van der Waals surface area contributed by atoms with Crippen LogP contribution in [-0.2, 0) is 16.0 Å². The Bertz CT molecular complexity index is 1060. The third-order valence-corrected chi connectivity index (χ3v) is 5.04. The second kappa shape index (κ2) is 8.15. The van der Waals surface area contributed by atoms with Crippen molar-refractivity contribution in [2.24, 2.45) is 20.0 Å². The number of fused-ring (bicyclic) bond motifs is 4. The van der Waals surface area contributed by atoms with Crippen LogP contribution in [0.4, 0.5) is 0 Å². The van der Waals surface area contributed by atoms with E-state index in [0.717, 1.165) is 52.1 Å². The molecule has 30 heavy (non-hydrogen) atoms. The molecule has 0 spiro atoms. The maximum atomic E-state index is 4.59. The number of hydrogen-bond acceptors (Lipinski definition) is 4. The van der Waals surface area contributed by atoms with E-state index >= 15 is 0 Å². The van der Waals surface area contributed by atoms with Crippen molar-refractivity contribution in [3.05, 3.63) is 118 Å². The van der Waals surface area contributed by atoms with Gasteiger partial charge in [0.2, 0.25) is 0 Å². The summed E-state index contributed by atoms with van der Waals surface area (Å²) in [5.74, 6) is 0. The summed E-state index contributed by atoms with van der Waals surface area (Å²) < 4.78 is 1.22. The molecule has 0 amide bonds. The molecule has 145 valence electrons. The molecule has 6 aliphatic rings. The summed E-state index contributed by atoms with van der Waals surface area (Å²) >= 11 is 3.74. The van der Waals surface area contributed by atoms with Crippen LogP contribution in [0.3, 0.4) is 0 Å². The second-order valence-corrected chi connectivity index (χ2v) is 7.70. The first kappa shape index (κ1) is 18.6. The van der Waals surface area contributed by atoms with E-state index in [1.54, 1.807) is 0 Å². The molecule has 0 unspecified atom stereocenters. The summed E-state index contributed by atoms with van der Waals surface area (Å²) in [5.41, 5.74) is 7.15. The Morgan fingerprint density at radius 3 is 1.13 bits per heavy atom. The molecule has 6 rings (SSSR count). The predicted octanol–water partition coefficient (Wildman–Crippen LogP) is 4.96. The first-order valence-electron chi connectivity index (χ1n) is 9.63. The number of aliphatic imine (C=N–C) groups is 4. The Kier molecular flexibility index (Phi) is 5.06. The van der Waals surface area contributed by atoms with Crippen molar-refractivity contribution < 1.29 is 16.0 Å². The van der Waals surface area contributed by atoms with Gasteiger partial charge >= 0.3 is 45.1 Å². The van der Waals surface area contributed by atoms with Crippen molar-refractivity contribution in [3.8, 4) is 0 Å². The molecule has 8 bridgehead atoms. The first-order valence-corrected chi connectivity index (χ1v) is 10.2. The van der Waals surface area contributed by atoms with E-state index < -0.39 is 0 Å². The summed E-state index contributed by atoms with van der Waals surface area (Å²) in [5, 5.41) is 0. The van der Waals surface area contributed by atoms with Gasteiger partial charge in [-0.25, -0.2) is 20.0 Å². The van der Waals surface area contributed by atoms with Crippen LogP contribution in [0.15, 0.2) is 138 Å². The van der Waals surface area contributed by atoms with Crippen LogP contribution >= 0.6 is 0 Å². The summed E-state index contributed by atoms with van der Waals surface area (Å²) in [6, 6.07) is 0. The van der Waals surface area contributed by atoms with Crippen LogP contribution in [-0.4, -0.2) is 22.8 Å². The van der Waals surface area contributed by atoms with Crippen molar-refractivity contribution in [1.82, 2.24) is 0 Å². The van der Waals surface area contributed by atoms with Crippen LogP contribution in [0.5, 0.6) is 0 Å². The minimum absolute atomic E-state index is 0.894. The molecule has 5 heterocycles. The molecule has 0 atom stereocenters. The summed E-state index contributed by atoms with van der Waals surface area (Å²) in [6.07, 6.45) is 31.0. The van der Waals surface area contributed by atoms with Crippen LogP contribution in [0.25, 0.3) is 0 Å². The zero-order valence-corrected chi connectivity index (χ0v) is 17.1. The molecule has 0 saturated heterocycles. The monoisotopic (exact) mass is 429 g/mol. The molecule has 0 aromatic heterocycles. The fraction of sp³-hybridized carbons (Fsp3) is 0.0400. The summed E-state index contributed by atoms with van der Waals surface area (Å²) in [7, 11) is 0. The van der Waals surface area contributed by atoms with Gasteiger partial charge in [-0.1, -0.05) is 0 Å². The quantitative estimate of drug-likeness (QED) is 0.489. The van der Waals surface area contributed by atoms with Crippen LogP contribution < -0.4 is 0 Å². The Morgan fingerprint density at radius 2 is 0.900 bits per heavy atom. The zero-order valence-electron chi connectivity index (χ0n) is 16.0. The molecule has 0 saturated carbocycles. The number of hydrogen-bond donors (Lipinski definition) is 0. The average Bonchev–Trinajstić information content (AvgIpc) is 3.52. The number of rotatable bonds is 0. The van der Waals surface area contributed by atoms with Gasteiger partial charge in [-0.2, -0.15) is 0 Å².